The van der Waals surface area contributed by atoms with Crippen LogP contribution in [0.5, 0.6) is 0 Å². The molecule has 2 rings (SSSR count). The number of nitrogens with zero attached hydrogens (tertiary/aromatic N) is 2. The molecule has 0 saturated heterocycles. The van der Waals surface area contributed by atoms with Gasteiger partial charge in [0.15, 0.2) is 0 Å². The molecule has 3 nitrogen and oxygen atoms in total. The molecule has 0 aliphatic heterocycles. The van der Waals surface area contributed by atoms with E-state index in [9.17, 15) is 0 Å². The summed E-state index contributed by atoms with van der Waals surface area (Å²) >= 11 is 5.90. The minimum atomic E-state index is 0.537. The largest absolute Gasteiger partial charge is 0.370 e. The van der Waals surface area contributed by atoms with Gasteiger partial charge in [0.25, 0.3) is 0 Å². The minimum absolute atomic E-state index is 0.537. The van der Waals surface area contributed by atoms with Crippen molar-refractivity contribution in [2.75, 3.05) is 11.9 Å². The molecule has 0 atom stereocenters. The Kier molecular flexibility index (Phi) is 3.41. The molecular formula is C11H16ClN3. The highest BCUT2D eigenvalue weighted by Crippen LogP contribution is 2.33. The number of halogens is 1. The third-order valence-corrected chi connectivity index (χ3v) is 3.18. The Balaban J connectivity index is 1.78. The van der Waals surface area contributed by atoms with Crippen LogP contribution >= 0.6 is 11.6 Å². The fourth-order valence-electron chi connectivity index (χ4n) is 1.61. The highest BCUT2D eigenvalue weighted by molar-refractivity contribution is 6.30. The van der Waals surface area contributed by atoms with E-state index >= 15 is 0 Å². The van der Waals surface area contributed by atoms with Crippen LogP contribution in [0.3, 0.4) is 0 Å². The molecule has 1 aliphatic carbocycles. The molecule has 0 radical (unpaired) electrons. The Hall–Kier alpha value is -0.830. The molecule has 1 fully saturated rings. The van der Waals surface area contributed by atoms with E-state index in [1.807, 2.05) is 6.92 Å². The van der Waals surface area contributed by atoms with Crippen molar-refractivity contribution in [1.29, 1.82) is 0 Å². The third kappa shape index (κ3) is 3.06. The summed E-state index contributed by atoms with van der Waals surface area (Å²) < 4.78 is 0. The van der Waals surface area contributed by atoms with Crippen molar-refractivity contribution in [2.45, 2.75) is 32.6 Å². The van der Waals surface area contributed by atoms with Gasteiger partial charge in [-0.2, -0.15) is 0 Å². The second kappa shape index (κ2) is 4.79. The molecule has 82 valence electrons. The lowest BCUT2D eigenvalue weighted by molar-refractivity contribution is 0.686. The summed E-state index contributed by atoms with van der Waals surface area (Å²) in [5.41, 5.74) is 0.936. The van der Waals surface area contributed by atoms with Crippen LogP contribution in [-0.2, 0) is 0 Å². The standard InChI is InChI=1S/C11H16ClN3/c1-8-10(12)14-7-15-11(8)13-6-2-3-9-4-5-9/h7,9H,2-6H2,1H3,(H,13,14,15). The second-order valence-electron chi connectivity index (χ2n) is 4.15. The number of rotatable bonds is 5. The summed E-state index contributed by atoms with van der Waals surface area (Å²) in [6.45, 7) is 2.91. The summed E-state index contributed by atoms with van der Waals surface area (Å²) in [4.78, 5) is 8.08. The summed E-state index contributed by atoms with van der Waals surface area (Å²) in [6.07, 6.45) is 6.91. The van der Waals surface area contributed by atoms with Gasteiger partial charge in [-0.25, -0.2) is 9.97 Å². The zero-order chi connectivity index (χ0) is 10.7. The molecular weight excluding hydrogens is 210 g/mol. The van der Waals surface area contributed by atoms with Gasteiger partial charge in [0.1, 0.15) is 17.3 Å². The predicted octanol–water partition coefficient (Wildman–Crippen LogP) is 3.04. The van der Waals surface area contributed by atoms with Gasteiger partial charge in [-0.15, -0.1) is 0 Å². The van der Waals surface area contributed by atoms with Gasteiger partial charge in [0.2, 0.25) is 0 Å². The van der Waals surface area contributed by atoms with Gasteiger partial charge in [-0.1, -0.05) is 24.4 Å². The van der Waals surface area contributed by atoms with E-state index < -0.39 is 0 Å². The monoisotopic (exact) mass is 225 g/mol. The maximum absolute atomic E-state index is 5.90. The van der Waals surface area contributed by atoms with Crippen molar-refractivity contribution >= 4 is 17.4 Å². The first-order valence-corrected chi connectivity index (χ1v) is 5.86. The van der Waals surface area contributed by atoms with Crippen LogP contribution in [0.2, 0.25) is 5.15 Å². The van der Waals surface area contributed by atoms with Gasteiger partial charge in [-0.3, -0.25) is 0 Å². The Bertz CT molecular complexity index is 337. The summed E-state index contributed by atoms with van der Waals surface area (Å²) in [5, 5.41) is 3.84. The molecule has 15 heavy (non-hydrogen) atoms. The first kappa shape index (κ1) is 10.7. The Morgan fingerprint density at radius 2 is 2.27 bits per heavy atom. The van der Waals surface area contributed by atoms with Crippen LogP contribution in [0.4, 0.5) is 5.82 Å². The summed E-state index contributed by atoms with van der Waals surface area (Å²) in [7, 11) is 0. The van der Waals surface area contributed by atoms with Crippen LogP contribution < -0.4 is 5.32 Å². The van der Waals surface area contributed by atoms with Crippen LogP contribution in [0.1, 0.15) is 31.2 Å². The molecule has 1 heterocycles. The van der Waals surface area contributed by atoms with Crippen molar-refractivity contribution in [3.63, 3.8) is 0 Å². The fraction of sp³-hybridized carbons (Fsp3) is 0.636. The van der Waals surface area contributed by atoms with E-state index in [2.05, 4.69) is 15.3 Å². The van der Waals surface area contributed by atoms with E-state index in [1.165, 1.54) is 32.0 Å². The topological polar surface area (TPSA) is 37.8 Å². The van der Waals surface area contributed by atoms with Crippen molar-refractivity contribution in [3.8, 4) is 0 Å². The van der Waals surface area contributed by atoms with Gasteiger partial charge in [0.05, 0.1) is 0 Å². The summed E-state index contributed by atoms with van der Waals surface area (Å²) in [5.74, 6) is 1.87. The molecule has 1 N–H and O–H groups in total. The van der Waals surface area contributed by atoms with Crippen LogP contribution in [-0.4, -0.2) is 16.5 Å². The van der Waals surface area contributed by atoms with Gasteiger partial charge >= 0.3 is 0 Å². The number of hydrogen-bond donors (Lipinski definition) is 1. The van der Waals surface area contributed by atoms with Crippen LogP contribution in [0, 0.1) is 12.8 Å². The first-order valence-electron chi connectivity index (χ1n) is 5.48. The van der Waals surface area contributed by atoms with Crippen LogP contribution in [0.15, 0.2) is 6.33 Å². The fourth-order valence-corrected chi connectivity index (χ4v) is 1.74. The zero-order valence-corrected chi connectivity index (χ0v) is 9.72. The number of anilines is 1. The van der Waals surface area contributed by atoms with Crippen molar-refractivity contribution < 1.29 is 0 Å². The van der Waals surface area contributed by atoms with Crippen molar-refractivity contribution in [1.82, 2.24) is 9.97 Å². The Morgan fingerprint density at radius 1 is 1.47 bits per heavy atom. The lowest BCUT2D eigenvalue weighted by Gasteiger charge is -2.08. The highest BCUT2D eigenvalue weighted by Gasteiger charge is 2.19. The first-order chi connectivity index (χ1) is 7.27. The molecule has 0 aromatic carbocycles. The molecule has 0 bridgehead atoms. The minimum Gasteiger partial charge on any atom is -0.370 e. The molecule has 1 aromatic heterocycles. The van der Waals surface area contributed by atoms with E-state index in [0.29, 0.717) is 5.15 Å². The van der Waals surface area contributed by atoms with E-state index in [-0.39, 0.29) is 0 Å². The van der Waals surface area contributed by atoms with Crippen LogP contribution in [0.25, 0.3) is 0 Å². The lowest BCUT2D eigenvalue weighted by atomic mass is 10.2. The quantitative estimate of drug-likeness (QED) is 0.618. The third-order valence-electron chi connectivity index (χ3n) is 2.80. The molecule has 1 aromatic rings. The highest BCUT2D eigenvalue weighted by atomic mass is 35.5. The summed E-state index contributed by atoms with van der Waals surface area (Å²) in [6, 6.07) is 0. The van der Waals surface area contributed by atoms with Crippen molar-refractivity contribution in [2.24, 2.45) is 5.92 Å². The smallest absolute Gasteiger partial charge is 0.137 e. The van der Waals surface area contributed by atoms with E-state index in [4.69, 9.17) is 11.6 Å². The maximum atomic E-state index is 5.90. The van der Waals surface area contributed by atoms with E-state index in [0.717, 1.165) is 23.8 Å². The predicted molar refractivity (Wildman–Crippen MR) is 62.2 cm³/mol. The zero-order valence-electron chi connectivity index (χ0n) is 8.96. The molecule has 1 aliphatic rings. The Morgan fingerprint density at radius 3 is 3.00 bits per heavy atom. The molecule has 1 saturated carbocycles. The molecule has 0 amide bonds. The average Bonchev–Trinajstić information content (AvgIpc) is 3.02. The number of hydrogen-bond acceptors (Lipinski definition) is 3. The molecule has 4 heteroatoms. The number of aromatic nitrogens is 2. The molecule has 0 spiro atoms. The van der Waals surface area contributed by atoms with Gasteiger partial charge in [0, 0.05) is 12.1 Å². The Labute approximate surface area is 95.3 Å². The average molecular weight is 226 g/mol. The molecule has 0 unspecified atom stereocenters. The second-order valence-corrected chi connectivity index (χ2v) is 4.51. The maximum Gasteiger partial charge on any atom is 0.137 e. The number of nitrogens with one attached hydrogen (secondary N) is 1. The lowest BCUT2D eigenvalue weighted by Crippen LogP contribution is -2.06. The van der Waals surface area contributed by atoms with Crippen molar-refractivity contribution in [3.05, 3.63) is 17.0 Å². The van der Waals surface area contributed by atoms with Gasteiger partial charge in [-0.05, 0) is 25.7 Å². The van der Waals surface area contributed by atoms with E-state index in [1.54, 1.807) is 0 Å². The normalized spacial score (nSPS) is 15.3. The SMILES string of the molecule is Cc1c(Cl)ncnc1NCCCC1CC1. The van der Waals surface area contributed by atoms with Gasteiger partial charge < -0.3 is 5.32 Å².